The molecule has 0 bridgehead atoms. The van der Waals surface area contributed by atoms with Crippen molar-refractivity contribution in [1.29, 1.82) is 0 Å². The molecule has 164 valence electrons. The molecule has 4 aromatic rings. The van der Waals surface area contributed by atoms with E-state index in [4.69, 9.17) is 4.74 Å². The summed E-state index contributed by atoms with van der Waals surface area (Å²) in [5.41, 5.74) is 1.17. The van der Waals surface area contributed by atoms with Gasteiger partial charge in [0.1, 0.15) is 5.75 Å². The van der Waals surface area contributed by atoms with Crippen LogP contribution in [-0.4, -0.2) is 15.7 Å². The van der Waals surface area contributed by atoms with Crippen molar-refractivity contribution in [2.75, 3.05) is 0 Å². The predicted octanol–water partition coefficient (Wildman–Crippen LogP) is 6.96. The Morgan fingerprint density at radius 1 is 1.03 bits per heavy atom. The minimum Gasteiger partial charge on any atom is -0.423 e. The van der Waals surface area contributed by atoms with Gasteiger partial charge >= 0.3 is 12.1 Å². The van der Waals surface area contributed by atoms with E-state index in [0.29, 0.717) is 27.9 Å². The molecule has 0 aliphatic heterocycles. The monoisotopic (exact) mass is 456 g/mol. The Morgan fingerprint density at radius 2 is 1.72 bits per heavy atom. The Balaban J connectivity index is 1.58. The number of esters is 1. The van der Waals surface area contributed by atoms with Gasteiger partial charge in [-0.25, -0.2) is 9.48 Å². The number of aromatic nitrogens is 2. The SMILES string of the molecule is CC(C)c1ccc(OC(=O)c2ccc(-n3nc(C(F)(F)F)cc3-c3cccs3)cc2)cc1. The second-order valence-corrected chi connectivity index (χ2v) is 8.41. The van der Waals surface area contributed by atoms with E-state index < -0.39 is 17.8 Å². The average Bonchev–Trinajstić information content (AvgIpc) is 3.44. The van der Waals surface area contributed by atoms with Crippen LogP contribution in [0.2, 0.25) is 0 Å². The van der Waals surface area contributed by atoms with Crippen molar-refractivity contribution in [1.82, 2.24) is 9.78 Å². The molecule has 0 saturated heterocycles. The van der Waals surface area contributed by atoms with Crippen LogP contribution in [0.1, 0.15) is 41.4 Å². The Morgan fingerprint density at radius 3 is 2.28 bits per heavy atom. The fourth-order valence-electron chi connectivity index (χ4n) is 3.14. The van der Waals surface area contributed by atoms with Crippen molar-refractivity contribution < 1.29 is 22.7 Å². The number of rotatable bonds is 5. The third kappa shape index (κ3) is 4.60. The highest BCUT2D eigenvalue weighted by atomic mass is 32.1. The second-order valence-electron chi connectivity index (χ2n) is 7.46. The number of carbonyl (C=O) groups is 1. The van der Waals surface area contributed by atoms with E-state index in [-0.39, 0.29) is 5.56 Å². The number of nitrogens with zero attached hydrogens (tertiary/aromatic N) is 2. The maximum absolute atomic E-state index is 13.3. The lowest BCUT2D eigenvalue weighted by atomic mass is 10.0. The molecule has 8 heteroatoms. The van der Waals surface area contributed by atoms with Crippen LogP contribution in [0.3, 0.4) is 0 Å². The van der Waals surface area contributed by atoms with Gasteiger partial charge in [-0.1, -0.05) is 32.0 Å². The van der Waals surface area contributed by atoms with E-state index in [2.05, 4.69) is 18.9 Å². The highest BCUT2D eigenvalue weighted by molar-refractivity contribution is 7.13. The molecule has 0 N–H and O–H groups in total. The maximum atomic E-state index is 13.3. The lowest BCUT2D eigenvalue weighted by molar-refractivity contribution is -0.141. The van der Waals surface area contributed by atoms with Crippen LogP contribution in [0.4, 0.5) is 13.2 Å². The fraction of sp³-hybridized carbons (Fsp3) is 0.167. The summed E-state index contributed by atoms with van der Waals surface area (Å²) in [4.78, 5) is 13.1. The largest absolute Gasteiger partial charge is 0.435 e. The molecule has 0 radical (unpaired) electrons. The van der Waals surface area contributed by atoms with E-state index >= 15 is 0 Å². The molecule has 0 amide bonds. The zero-order valence-electron chi connectivity index (χ0n) is 17.3. The van der Waals surface area contributed by atoms with Gasteiger partial charge in [0.15, 0.2) is 5.69 Å². The van der Waals surface area contributed by atoms with Gasteiger partial charge in [-0.05, 0) is 65.4 Å². The number of carbonyl (C=O) groups excluding carboxylic acids is 1. The lowest BCUT2D eigenvalue weighted by Crippen LogP contribution is -2.09. The molecule has 0 aliphatic carbocycles. The first-order valence-corrected chi connectivity index (χ1v) is 10.7. The lowest BCUT2D eigenvalue weighted by Gasteiger charge is -2.09. The van der Waals surface area contributed by atoms with Crippen LogP contribution < -0.4 is 4.74 Å². The summed E-state index contributed by atoms with van der Waals surface area (Å²) in [6.07, 6.45) is -4.56. The third-order valence-corrected chi connectivity index (χ3v) is 5.77. The van der Waals surface area contributed by atoms with Gasteiger partial charge in [0.25, 0.3) is 0 Å². The van der Waals surface area contributed by atoms with E-state index in [0.717, 1.165) is 11.6 Å². The van der Waals surface area contributed by atoms with Crippen molar-refractivity contribution in [3.05, 3.63) is 88.9 Å². The first kappa shape index (κ1) is 21.8. The molecule has 4 nitrogen and oxygen atoms in total. The van der Waals surface area contributed by atoms with E-state index in [9.17, 15) is 18.0 Å². The highest BCUT2D eigenvalue weighted by Crippen LogP contribution is 2.34. The number of benzene rings is 2. The molecule has 2 aromatic carbocycles. The average molecular weight is 456 g/mol. The minimum absolute atomic E-state index is 0.280. The molecule has 0 saturated carbocycles. The summed E-state index contributed by atoms with van der Waals surface area (Å²) in [7, 11) is 0. The summed E-state index contributed by atoms with van der Waals surface area (Å²) in [5, 5.41) is 5.54. The number of thiophene rings is 1. The van der Waals surface area contributed by atoms with Crippen molar-refractivity contribution >= 4 is 17.3 Å². The number of ether oxygens (including phenoxy) is 1. The number of hydrogen-bond donors (Lipinski definition) is 0. The zero-order chi connectivity index (χ0) is 22.9. The standard InChI is InChI=1S/C24H19F3N2O2S/c1-15(2)16-7-11-19(12-8-16)31-23(30)17-5-9-18(10-6-17)29-20(21-4-3-13-32-21)14-22(28-29)24(25,26)27/h3-15H,1-2H3. The molecule has 2 heterocycles. The van der Waals surface area contributed by atoms with Gasteiger partial charge in [0.05, 0.1) is 21.8 Å². The Kier molecular flexibility index (Phi) is 5.88. The first-order valence-electron chi connectivity index (χ1n) is 9.86. The van der Waals surface area contributed by atoms with Crippen LogP contribution in [0.5, 0.6) is 5.75 Å². The predicted molar refractivity (Wildman–Crippen MR) is 117 cm³/mol. The molecule has 32 heavy (non-hydrogen) atoms. The molecule has 0 fully saturated rings. The van der Waals surface area contributed by atoms with Gasteiger partial charge in [-0.15, -0.1) is 11.3 Å². The molecule has 0 spiro atoms. The van der Waals surface area contributed by atoms with E-state index in [1.807, 2.05) is 12.1 Å². The van der Waals surface area contributed by atoms with Crippen LogP contribution >= 0.6 is 11.3 Å². The maximum Gasteiger partial charge on any atom is 0.435 e. The smallest absolute Gasteiger partial charge is 0.423 e. The van der Waals surface area contributed by atoms with Crippen molar-refractivity contribution in [2.24, 2.45) is 0 Å². The second kappa shape index (κ2) is 8.63. The number of alkyl halides is 3. The minimum atomic E-state index is -4.56. The third-order valence-electron chi connectivity index (χ3n) is 4.88. The molecule has 0 unspecified atom stereocenters. The summed E-state index contributed by atoms with van der Waals surface area (Å²) >= 11 is 1.32. The molecule has 2 aromatic heterocycles. The van der Waals surface area contributed by atoms with Crippen LogP contribution in [0.15, 0.2) is 72.1 Å². The topological polar surface area (TPSA) is 44.1 Å². The quantitative estimate of drug-likeness (QED) is 0.241. The molecule has 0 atom stereocenters. The van der Waals surface area contributed by atoms with Crippen molar-refractivity contribution in [3.8, 4) is 22.0 Å². The van der Waals surface area contributed by atoms with Crippen LogP contribution in [0, 0.1) is 0 Å². The first-order chi connectivity index (χ1) is 15.2. The Bertz CT molecular complexity index is 1210. The summed E-state index contributed by atoms with van der Waals surface area (Å²) in [6.45, 7) is 4.15. The highest BCUT2D eigenvalue weighted by Gasteiger charge is 2.35. The number of hydrogen-bond acceptors (Lipinski definition) is 4. The van der Waals surface area contributed by atoms with Crippen molar-refractivity contribution in [2.45, 2.75) is 25.9 Å². The fourth-order valence-corrected chi connectivity index (χ4v) is 3.87. The van der Waals surface area contributed by atoms with E-state index in [1.54, 1.807) is 41.8 Å². The summed E-state index contributed by atoms with van der Waals surface area (Å²) in [5.74, 6) is 0.237. The van der Waals surface area contributed by atoms with Gasteiger partial charge in [-0.2, -0.15) is 18.3 Å². The van der Waals surface area contributed by atoms with Gasteiger partial charge in [0, 0.05) is 0 Å². The summed E-state index contributed by atoms with van der Waals surface area (Å²) < 4.78 is 46.4. The molecule has 0 aliphatic rings. The van der Waals surface area contributed by atoms with Gasteiger partial charge < -0.3 is 4.74 Å². The normalized spacial score (nSPS) is 11.7. The Hall–Kier alpha value is -3.39. The number of halogens is 3. The molecule has 4 rings (SSSR count). The Labute approximate surface area is 186 Å². The van der Waals surface area contributed by atoms with Crippen LogP contribution in [0.25, 0.3) is 16.3 Å². The van der Waals surface area contributed by atoms with Gasteiger partial charge in [0.2, 0.25) is 0 Å². The van der Waals surface area contributed by atoms with Crippen molar-refractivity contribution in [3.63, 3.8) is 0 Å². The zero-order valence-corrected chi connectivity index (χ0v) is 18.1. The molecular weight excluding hydrogens is 437 g/mol. The van der Waals surface area contributed by atoms with E-state index in [1.165, 1.54) is 28.2 Å². The molecular formula is C24H19F3N2O2S. The van der Waals surface area contributed by atoms with Gasteiger partial charge in [-0.3, -0.25) is 0 Å². The summed E-state index contributed by atoms with van der Waals surface area (Å²) in [6, 6.07) is 17.9. The van der Waals surface area contributed by atoms with Crippen LogP contribution in [-0.2, 0) is 6.18 Å².